The van der Waals surface area contributed by atoms with E-state index in [4.69, 9.17) is 5.11 Å². The van der Waals surface area contributed by atoms with Gasteiger partial charge in [-0.05, 0) is 6.42 Å². The molecule has 0 amide bonds. The number of aromatic amines is 1. The summed E-state index contributed by atoms with van der Waals surface area (Å²) in [5.74, 6) is 0.275. The average Bonchev–Trinajstić information content (AvgIpc) is 2.18. The van der Waals surface area contributed by atoms with Gasteiger partial charge in [0.25, 0.3) is 0 Å². The molecule has 9 heavy (non-hydrogen) atoms. The number of aromatic hydroxyl groups is 1. The molecule has 0 radical (unpaired) electrons. The zero-order chi connectivity index (χ0) is 6.69. The Morgan fingerprint density at radius 2 is 2.56 bits per heavy atom. The maximum atomic E-state index is 8.99. The van der Waals surface area contributed by atoms with Gasteiger partial charge in [-0.2, -0.15) is 5.10 Å². The molecule has 0 saturated heterocycles. The first kappa shape index (κ1) is 6.13. The second kappa shape index (κ2) is 2.53. The maximum Gasteiger partial charge on any atom is 0.156 e. The van der Waals surface area contributed by atoms with Crippen molar-refractivity contribution in [3.63, 3.8) is 0 Å². The number of hydrogen-bond donors (Lipinski definition) is 2. The number of rotatable bonds is 2. The van der Waals surface area contributed by atoms with Crippen molar-refractivity contribution in [3.05, 3.63) is 11.9 Å². The lowest BCUT2D eigenvalue weighted by Crippen LogP contribution is -1.82. The molecular formula is C6H10N2O. The van der Waals surface area contributed by atoms with Gasteiger partial charge in [0, 0.05) is 0 Å². The molecule has 2 N–H and O–H groups in total. The quantitative estimate of drug-likeness (QED) is 0.622. The van der Waals surface area contributed by atoms with Crippen LogP contribution in [0.1, 0.15) is 19.0 Å². The van der Waals surface area contributed by atoms with Crippen LogP contribution in [0.3, 0.4) is 0 Å². The molecule has 50 valence electrons. The summed E-state index contributed by atoms with van der Waals surface area (Å²) in [5, 5.41) is 15.4. The van der Waals surface area contributed by atoms with Crippen molar-refractivity contribution in [1.82, 2.24) is 10.2 Å². The van der Waals surface area contributed by atoms with E-state index in [-0.39, 0.29) is 5.75 Å². The van der Waals surface area contributed by atoms with Gasteiger partial charge in [-0.25, -0.2) is 0 Å². The summed E-state index contributed by atoms with van der Waals surface area (Å²) in [4.78, 5) is 0. The molecule has 3 nitrogen and oxygen atoms in total. The van der Waals surface area contributed by atoms with Crippen LogP contribution in [0.15, 0.2) is 6.20 Å². The third-order valence-corrected chi connectivity index (χ3v) is 1.20. The molecule has 0 fully saturated rings. The Labute approximate surface area is 53.7 Å². The second-order valence-corrected chi connectivity index (χ2v) is 1.98. The van der Waals surface area contributed by atoms with E-state index in [1.54, 1.807) is 0 Å². The minimum atomic E-state index is 0.275. The highest BCUT2D eigenvalue weighted by Crippen LogP contribution is 2.12. The number of hydrogen-bond acceptors (Lipinski definition) is 2. The van der Waals surface area contributed by atoms with E-state index in [9.17, 15) is 0 Å². The minimum absolute atomic E-state index is 0.275. The third kappa shape index (κ3) is 1.22. The Hall–Kier alpha value is -0.990. The highest BCUT2D eigenvalue weighted by atomic mass is 16.3. The predicted octanol–water partition coefficient (Wildman–Crippen LogP) is 1.07. The van der Waals surface area contributed by atoms with E-state index in [0.29, 0.717) is 0 Å². The molecule has 1 heterocycles. The molecule has 0 aromatic carbocycles. The SMILES string of the molecule is CCCc1[nH]ncc1O. The highest BCUT2D eigenvalue weighted by Gasteiger charge is 1.98. The molecule has 0 bridgehead atoms. The summed E-state index contributed by atoms with van der Waals surface area (Å²) in [6.07, 6.45) is 3.31. The molecule has 1 rings (SSSR count). The molecule has 0 saturated carbocycles. The first-order chi connectivity index (χ1) is 4.34. The number of aromatic nitrogens is 2. The van der Waals surface area contributed by atoms with E-state index in [1.807, 2.05) is 0 Å². The molecule has 0 aliphatic carbocycles. The lowest BCUT2D eigenvalue weighted by atomic mass is 10.2. The Bertz CT molecular complexity index is 183. The van der Waals surface area contributed by atoms with Gasteiger partial charge in [0.2, 0.25) is 0 Å². The van der Waals surface area contributed by atoms with E-state index in [2.05, 4.69) is 17.1 Å². The predicted molar refractivity (Wildman–Crippen MR) is 34.2 cm³/mol. The fraction of sp³-hybridized carbons (Fsp3) is 0.500. The fourth-order valence-corrected chi connectivity index (χ4v) is 0.741. The topological polar surface area (TPSA) is 48.9 Å². The van der Waals surface area contributed by atoms with Crippen molar-refractivity contribution in [2.75, 3.05) is 0 Å². The Morgan fingerprint density at radius 3 is 3.00 bits per heavy atom. The number of aryl methyl sites for hydroxylation is 1. The number of nitrogens with zero attached hydrogens (tertiary/aromatic N) is 1. The van der Waals surface area contributed by atoms with Crippen molar-refractivity contribution in [1.29, 1.82) is 0 Å². The Kier molecular flexibility index (Phi) is 1.72. The van der Waals surface area contributed by atoms with E-state index in [0.717, 1.165) is 18.5 Å². The maximum absolute atomic E-state index is 8.99. The summed E-state index contributed by atoms with van der Waals surface area (Å²) in [6.45, 7) is 2.06. The van der Waals surface area contributed by atoms with Crippen molar-refractivity contribution in [3.8, 4) is 5.75 Å². The molecular weight excluding hydrogens is 116 g/mol. The van der Waals surface area contributed by atoms with Gasteiger partial charge in [0.1, 0.15) is 0 Å². The number of H-pyrrole nitrogens is 1. The van der Waals surface area contributed by atoms with Crippen molar-refractivity contribution >= 4 is 0 Å². The third-order valence-electron chi connectivity index (χ3n) is 1.20. The van der Waals surface area contributed by atoms with Crippen LogP contribution in [0.25, 0.3) is 0 Å². The number of nitrogens with one attached hydrogen (secondary N) is 1. The highest BCUT2D eigenvalue weighted by molar-refractivity contribution is 5.21. The average molecular weight is 126 g/mol. The Balaban J connectivity index is 2.69. The van der Waals surface area contributed by atoms with Crippen LogP contribution in [0.2, 0.25) is 0 Å². The molecule has 0 aliphatic rings. The molecule has 3 heteroatoms. The molecule has 0 atom stereocenters. The van der Waals surface area contributed by atoms with Gasteiger partial charge in [0.05, 0.1) is 11.9 Å². The largest absolute Gasteiger partial charge is 0.504 e. The van der Waals surface area contributed by atoms with Crippen LogP contribution in [-0.4, -0.2) is 15.3 Å². The van der Waals surface area contributed by atoms with Gasteiger partial charge < -0.3 is 5.11 Å². The van der Waals surface area contributed by atoms with Gasteiger partial charge in [0.15, 0.2) is 5.75 Å². The summed E-state index contributed by atoms with van der Waals surface area (Å²) in [7, 11) is 0. The van der Waals surface area contributed by atoms with Crippen molar-refractivity contribution in [2.45, 2.75) is 19.8 Å². The zero-order valence-electron chi connectivity index (χ0n) is 5.39. The molecule has 0 aliphatic heterocycles. The van der Waals surface area contributed by atoms with Crippen LogP contribution in [0.4, 0.5) is 0 Å². The van der Waals surface area contributed by atoms with Crippen LogP contribution in [0.5, 0.6) is 5.75 Å². The first-order valence-electron chi connectivity index (χ1n) is 3.05. The molecule has 0 spiro atoms. The first-order valence-corrected chi connectivity index (χ1v) is 3.05. The summed E-state index contributed by atoms with van der Waals surface area (Å²) >= 11 is 0. The second-order valence-electron chi connectivity index (χ2n) is 1.98. The molecule has 0 unspecified atom stereocenters. The Morgan fingerprint density at radius 1 is 1.78 bits per heavy atom. The van der Waals surface area contributed by atoms with Gasteiger partial charge >= 0.3 is 0 Å². The molecule has 1 aromatic rings. The normalized spacial score (nSPS) is 9.89. The van der Waals surface area contributed by atoms with Crippen LogP contribution >= 0.6 is 0 Å². The van der Waals surface area contributed by atoms with Crippen molar-refractivity contribution in [2.24, 2.45) is 0 Å². The van der Waals surface area contributed by atoms with E-state index >= 15 is 0 Å². The van der Waals surface area contributed by atoms with Gasteiger partial charge in [-0.15, -0.1) is 0 Å². The zero-order valence-corrected chi connectivity index (χ0v) is 5.39. The minimum Gasteiger partial charge on any atom is -0.504 e. The van der Waals surface area contributed by atoms with E-state index < -0.39 is 0 Å². The van der Waals surface area contributed by atoms with Crippen LogP contribution in [0, 0.1) is 0 Å². The van der Waals surface area contributed by atoms with Gasteiger partial charge in [-0.1, -0.05) is 13.3 Å². The lowest BCUT2D eigenvalue weighted by Gasteiger charge is -1.90. The summed E-state index contributed by atoms with van der Waals surface area (Å²) < 4.78 is 0. The van der Waals surface area contributed by atoms with Gasteiger partial charge in [-0.3, -0.25) is 5.10 Å². The summed E-state index contributed by atoms with van der Waals surface area (Å²) in [5.41, 5.74) is 0.831. The summed E-state index contributed by atoms with van der Waals surface area (Å²) in [6, 6.07) is 0. The van der Waals surface area contributed by atoms with Crippen LogP contribution < -0.4 is 0 Å². The van der Waals surface area contributed by atoms with Crippen molar-refractivity contribution < 1.29 is 5.11 Å². The fourth-order valence-electron chi connectivity index (χ4n) is 0.741. The van der Waals surface area contributed by atoms with E-state index in [1.165, 1.54) is 6.20 Å². The monoisotopic (exact) mass is 126 g/mol. The molecule has 1 aromatic heterocycles. The lowest BCUT2D eigenvalue weighted by molar-refractivity contribution is 0.468. The van der Waals surface area contributed by atoms with Crippen LogP contribution in [-0.2, 0) is 6.42 Å². The smallest absolute Gasteiger partial charge is 0.156 e. The standard InChI is InChI=1S/C6H10N2O/c1-2-3-5-6(9)4-7-8-5/h4,9H,2-3H2,1H3,(H,7,8).